The molecular weight excluding hydrogens is 416 g/mol. The summed E-state index contributed by atoms with van der Waals surface area (Å²) in [5.41, 5.74) is 0.904. The van der Waals surface area contributed by atoms with Crippen molar-refractivity contribution in [2.75, 3.05) is 44.4 Å². The first kappa shape index (κ1) is 20.4. The van der Waals surface area contributed by atoms with Crippen molar-refractivity contribution in [3.05, 3.63) is 47.1 Å². The van der Waals surface area contributed by atoms with Gasteiger partial charge in [0, 0.05) is 69.0 Å². The van der Waals surface area contributed by atoms with Crippen LogP contribution in [-0.4, -0.2) is 66.2 Å². The molecule has 4 heterocycles. The van der Waals surface area contributed by atoms with Gasteiger partial charge in [0.25, 0.3) is 0 Å². The number of pyridine rings is 1. The Morgan fingerprint density at radius 2 is 1.84 bits per heavy atom. The summed E-state index contributed by atoms with van der Waals surface area (Å²) < 4.78 is 10.9. The molecule has 2 fully saturated rings. The van der Waals surface area contributed by atoms with Gasteiger partial charge in [-0.1, -0.05) is 17.7 Å². The van der Waals surface area contributed by atoms with Crippen molar-refractivity contribution in [3.63, 3.8) is 0 Å². The second kappa shape index (κ2) is 8.93. The Hall–Kier alpha value is -2.51. The number of carbonyl (C=O) groups excluding carboxylic acids is 1. The predicted octanol–water partition coefficient (Wildman–Crippen LogP) is 3.17. The molecule has 1 amide bonds. The Balaban J connectivity index is 1.19. The third-order valence-corrected chi connectivity index (χ3v) is 6.83. The zero-order valence-electron chi connectivity index (χ0n) is 17.5. The second-order valence-corrected chi connectivity index (χ2v) is 8.71. The minimum Gasteiger partial charge on any atom is -0.454 e. The van der Waals surface area contributed by atoms with E-state index < -0.39 is 0 Å². The molecule has 0 radical (unpaired) electrons. The summed E-state index contributed by atoms with van der Waals surface area (Å²) in [4.78, 5) is 24.1. The monoisotopic (exact) mass is 442 g/mol. The molecule has 164 valence electrons. The quantitative estimate of drug-likeness (QED) is 0.725. The van der Waals surface area contributed by atoms with Gasteiger partial charge in [-0.15, -0.1) is 0 Å². The molecule has 0 aliphatic carbocycles. The number of hydrogen-bond donors (Lipinski definition) is 0. The molecule has 0 spiro atoms. The van der Waals surface area contributed by atoms with Crippen molar-refractivity contribution in [1.29, 1.82) is 0 Å². The predicted molar refractivity (Wildman–Crippen MR) is 119 cm³/mol. The Bertz CT molecular complexity index is 934. The maximum atomic E-state index is 12.8. The summed E-state index contributed by atoms with van der Waals surface area (Å²) in [6, 6.07) is 10.2. The Morgan fingerprint density at radius 3 is 2.61 bits per heavy atom. The normalized spacial score (nSPS) is 22.0. The Morgan fingerprint density at radius 1 is 1.03 bits per heavy atom. The molecule has 2 aromatic rings. The first-order valence-corrected chi connectivity index (χ1v) is 11.3. The van der Waals surface area contributed by atoms with Crippen LogP contribution < -0.4 is 14.4 Å². The average molecular weight is 443 g/mol. The van der Waals surface area contributed by atoms with Crippen molar-refractivity contribution in [1.82, 2.24) is 14.8 Å². The SMILES string of the molecule is O=C1CC[C@@H](N2CCN(c3ccccn3)CC2)CCN1Cc1cc2c(cc1Cl)OCO2. The number of ether oxygens (including phenoxy) is 2. The molecule has 2 saturated heterocycles. The van der Waals surface area contributed by atoms with Gasteiger partial charge < -0.3 is 19.3 Å². The number of rotatable bonds is 4. The molecule has 3 aliphatic rings. The standard InChI is InChI=1S/C23H27ClN4O3/c24-19-14-21-20(30-16-31-21)13-17(19)15-28-8-6-18(4-5-23(28)29)26-9-11-27(12-10-26)22-3-1-2-7-25-22/h1-3,7,13-14,18H,4-6,8-12,15-16H2/t18-/m1/s1. The highest BCUT2D eigenvalue weighted by atomic mass is 35.5. The van der Waals surface area contributed by atoms with Crippen LogP contribution in [0.3, 0.4) is 0 Å². The van der Waals surface area contributed by atoms with Crippen LogP contribution in [0.2, 0.25) is 5.02 Å². The lowest BCUT2D eigenvalue weighted by molar-refractivity contribution is -0.131. The van der Waals surface area contributed by atoms with Gasteiger partial charge in [-0.25, -0.2) is 4.98 Å². The molecule has 0 saturated carbocycles. The molecule has 31 heavy (non-hydrogen) atoms. The minimum absolute atomic E-state index is 0.198. The highest BCUT2D eigenvalue weighted by molar-refractivity contribution is 6.31. The second-order valence-electron chi connectivity index (χ2n) is 8.30. The van der Waals surface area contributed by atoms with E-state index in [0.717, 1.165) is 56.9 Å². The number of nitrogens with zero attached hydrogens (tertiary/aromatic N) is 4. The zero-order chi connectivity index (χ0) is 21.2. The number of benzene rings is 1. The van der Waals surface area contributed by atoms with Gasteiger partial charge in [0.2, 0.25) is 12.7 Å². The summed E-state index contributed by atoms with van der Waals surface area (Å²) in [7, 11) is 0. The van der Waals surface area contributed by atoms with Gasteiger partial charge >= 0.3 is 0 Å². The van der Waals surface area contributed by atoms with Crippen LogP contribution in [0.25, 0.3) is 0 Å². The fourth-order valence-electron chi connectivity index (χ4n) is 4.70. The van der Waals surface area contributed by atoms with E-state index in [4.69, 9.17) is 21.1 Å². The lowest BCUT2D eigenvalue weighted by atomic mass is 10.1. The van der Waals surface area contributed by atoms with E-state index in [0.29, 0.717) is 35.5 Å². The average Bonchev–Trinajstić information content (AvgIpc) is 3.17. The zero-order valence-corrected chi connectivity index (χ0v) is 18.3. The van der Waals surface area contributed by atoms with Gasteiger partial charge in [-0.3, -0.25) is 9.69 Å². The van der Waals surface area contributed by atoms with E-state index in [1.165, 1.54) is 0 Å². The van der Waals surface area contributed by atoms with Crippen LogP contribution in [0.1, 0.15) is 24.8 Å². The topological polar surface area (TPSA) is 58.1 Å². The first-order chi connectivity index (χ1) is 15.2. The lowest BCUT2D eigenvalue weighted by Gasteiger charge is -2.39. The summed E-state index contributed by atoms with van der Waals surface area (Å²) in [5.74, 6) is 2.61. The van der Waals surface area contributed by atoms with Crippen LogP contribution in [0.15, 0.2) is 36.5 Å². The molecule has 8 heteroatoms. The summed E-state index contributed by atoms with van der Waals surface area (Å²) in [6.07, 6.45) is 4.32. The first-order valence-electron chi connectivity index (χ1n) is 10.9. The summed E-state index contributed by atoms with van der Waals surface area (Å²) in [5, 5.41) is 0.614. The molecule has 0 unspecified atom stereocenters. The van der Waals surface area contributed by atoms with E-state index in [1.54, 1.807) is 6.07 Å². The number of piperazine rings is 1. The highest BCUT2D eigenvalue weighted by Gasteiger charge is 2.29. The van der Waals surface area contributed by atoms with E-state index >= 15 is 0 Å². The largest absolute Gasteiger partial charge is 0.454 e. The number of amides is 1. The van der Waals surface area contributed by atoms with Crippen molar-refractivity contribution >= 4 is 23.3 Å². The van der Waals surface area contributed by atoms with Crippen molar-refractivity contribution in [2.45, 2.75) is 31.8 Å². The third-order valence-electron chi connectivity index (χ3n) is 6.48. The lowest BCUT2D eigenvalue weighted by Crippen LogP contribution is -2.50. The van der Waals surface area contributed by atoms with Gasteiger partial charge in [0.15, 0.2) is 11.5 Å². The number of carbonyl (C=O) groups is 1. The molecule has 1 atom stereocenters. The van der Waals surface area contributed by atoms with E-state index in [9.17, 15) is 4.79 Å². The summed E-state index contributed by atoms with van der Waals surface area (Å²) >= 11 is 6.44. The number of aromatic nitrogens is 1. The van der Waals surface area contributed by atoms with Crippen LogP contribution in [0.4, 0.5) is 5.82 Å². The van der Waals surface area contributed by atoms with E-state index in [-0.39, 0.29) is 12.7 Å². The fourth-order valence-corrected chi connectivity index (χ4v) is 4.91. The van der Waals surface area contributed by atoms with Crippen molar-refractivity contribution in [3.8, 4) is 11.5 Å². The minimum atomic E-state index is 0.198. The molecule has 7 nitrogen and oxygen atoms in total. The van der Waals surface area contributed by atoms with E-state index in [2.05, 4.69) is 20.9 Å². The number of halogens is 1. The maximum Gasteiger partial charge on any atom is 0.231 e. The molecule has 1 aromatic heterocycles. The number of anilines is 1. The smallest absolute Gasteiger partial charge is 0.231 e. The molecule has 5 rings (SSSR count). The van der Waals surface area contributed by atoms with Crippen molar-refractivity contribution in [2.24, 2.45) is 0 Å². The number of hydrogen-bond acceptors (Lipinski definition) is 6. The van der Waals surface area contributed by atoms with E-state index in [1.807, 2.05) is 29.3 Å². The van der Waals surface area contributed by atoms with Crippen LogP contribution in [0.5, 0.6) is 11.5 Å². The molecule has 0 bridgehead atoms. The maximum absolute atomic E-state index is 12.8. The fraction of sp³-hybridized carbons (Fsp3) is 0.478. The number of likely N-dealkylation sites (tertiary alicyclic amines) is 1. The van der Waals surface area contributed by atoms with Gasteiger partial charge in [0.05, 0.1) is 0 Å². The molecule has 1 aromatic carbocycles. The van der Waals surface area contributed by atoms with Gasteiger partial charge in [-0.2, -0.15) is 0 Å². The highest BCUT2D eigenvalue weighted by Crippen LogP contribution is 2.37. The molecule has 0 N–H and O–H groups in total. The summed E-state index contributed by atoms with van der Waals surface area (Å²) in [6.45, 7) is 5.42. The van der Waals surface area contributed by atoms with Gasteiger partial charge in [0.1, 0.15) is 5.82 Å². The molecule has 3 aliphatic heterocycles. The van der Waals surface area contributed by atoms with Crippen LogP contribution in [-0.2, 0) is 11.3 Å². The third kappa shape index (κ3) is 4.43. The Labute approximate surface area is 187 Å². The molecular formula is C23H27ClN4O3. The van der Waals surface area contributed by atoms with Crippen LogP contribution in [0, 0.1) is 0 Å². The van der Waals surface area contributed by atoms with Crippen molar-refractivity contribution < 1.29 is 14.3 Å². The number of fused-ring (bicyclic) bond motifs is 1. The van der Waals surface area contributed by atoms with Crippen LogP contribution >= 0.6 is 11.6 Å². The van der Waals surface area contributed by atoms with Gasteiger partial charge in [-0.05, 0) is 36.6 Å². The Kier molecular flexibility index (Phi) is 5.87.